The predicted octanol–water partition coefficient (Wildman–Crippen LogP) is 5.15. The highest BCUT2D eigenvalue weighted by Gasteiger charge is 2.72. The molecule has 6 atom stereocenters. The molecule has 0 saturated heterocycles. The minimum Gasteiger partial charge on any atom is -0.380 e. The number of allylic oxidation sites excluding steroid dienone is 4. The van der Waals surface area contributed by atoms with Crippen LogP contribution in [0.25, 0.3) is 0 Å². The van der Waals surface area contributed by atoms with Gasteiger partial charge in [-0.3, -0.25) is 4.79 Å². The van der Waals surface area contributed by atoms with Gasteiger partial charge in [0, 0.05) is 10.8 Å². The van der Waals surface area contributed by atoms with E-state index in [2.05, 4.69) is 6.92 Å². The van der Waals surface area contributed by atoms with E-state index < -0.39 is 17.2 Å². The second-order valence-corrected chi connectivity index (χ2v) is 9.42. The van der Waals surface area contributed by atoms with Crippen LogP contribution in [-0.4, -0.2) is 22.7 Å². The topological polar surface area (TPSA) is 37.3 Å². The summed E-state index contributed by atoms with van der Waals surface area (Å²) in [5.74, 6) is -0.0548. The summed E-state index contributed by atoms with van der Waals surface area (Å²) in [6.07, 6.45) is 1.35. The van der Waals surface area contributed by atoms with Crippen molar-refractivity contribution in [3.8, 4) is 0 Å². The summed E-state index contributed by atoms with van der Waals surface area (Å²) < 4.78 is 41.1. The summed E-state index contributed by atoms with van der Waals surface area (Å²) in [7, 11) is 0. The molecule has 0 aliphatic heterocycles. The molecule has 3 fully saturated rings. The number of aliphatic hydroxyl groups is 1. The van der Waals surface area contributed by atoms with Gasteiger partial charge < -0.3 is 5.11 Å². The van der Waals surface area contributed by atoms with E-state index >= 15 is 0 Å². The Morgan fingerprint density at radius 2 is 1.81 bits per heavy atom. The van der Waals surface area contributed by atoms with E-state index in [9.17, 15) is 23.1 Å². The van der Waals surface area contributed by atoms with Crippen molar-refractivity contribution in [3.05, 3.63) is 22.8 Å². The largest absolute Gasteiger partial charge is 0.417 e. The van der Waals surface area contributed by atoms with Gasteiger partial charge in [-0.15, -0.1) is 0 Å². The van der Waals surface area contributed by atoms with E-state index in [-0.39, 0.29) is 35.4 Å². The smallest absolute Gasteiger partial charge is 0.380 e. The SMILES string of the molecule is C[C@]12C=CC(=O)C(Cl)=C1CCC1C2CC[C@@]2(C)C1CC[C@@]2(O)C(F)(F)F. The number of hydrogen-bond donors (Lipinski definition) is 1. The number of hydrogen-bond acceptors (Lipinski definition) is 2. The molecule has 0 aromatic rings. The summed E-state index contributed by atoms with van der Waals surface area (Å²) in [4.78, 5) is 11.9. The van der Waals surface area contributed by atoms with Crippen LogP contribution in [0.3, 0.4) is 0 Å². The van der Waals surface area contributed by atoms with Crippen molar-refractivity contribution in [2.24, 2.45) is 28.6 Å². The minimum atomic E-state index is -4.60. The van der Waals surface area contributed by atoms with E-state index in [0.29, 0.717) is 30.7 Å². The van der Waals surface area contributed by atoms with Gasteiger partial charge in [-0.25, -0.2) is 0 Å². The highest BCUT2D eigenvalue weighted by atomic mass is 35.5. The van der Waals surface area contributed by atoms with Crippen LogP contribution in [0.1, 0.15) is 52.4 Å². The lowest BCUT2D eigenvalue weighted by Crippen LogP contribution is -2.59. The quantitative estimate of drug-likeness (QED) is 0.622. The van der Waals surface area contributed by atoms with Crippen molar-refractivity contribution in [2.45, 2.75) is 64.1 Å². The van der Waals surface area contributed by atoms with Crippen molar-refractivity contribution >= 4 is 17.4 Å². The third-order valence-electron chi connectivity index (χ3n) is 8.27. The van der Waals surface area contributed by atoms with Crippen LogP contribution in [0.15, 0.2) is 22.8 Å². The van der Waals surface area contributed by atoms with Gasteiger partial charge in [-0.05, 0) is 67.9 Å². The summed E-state index contributed by atoms with van der Waals surface area (Å²) >= 11 is 6.30. The second kappa shape index (κ2) is 5.38. The van der Waals surface area contributed by atoms with Crippen LogP contribution in [0.5, 0.6) is 0 Å². The van der Waals surface area contributed by atoms with E-state index in [4.69, 9.17) is 11.6 Å². The molecule has 0 heterocycles. The highest BCUT2D eigenvalue weighted by Crippen LogP contribution is 2.69. The predicted molar refractivity (Wildman–Crippen MR) is 92.4 cm³/mol. The minimum absolute atomic E-state index is 0.112. The number of carbonyl (C=O) groups excluding carboxylic acids is 1. The van der Waals surface area contributed by atoms with Crippen molar-refractivity contribution in [1.82, 2.24) is 0 Å². The average Bonchev–Trinajstić information content (AvgIpc) is 2.84. The molecule has 0 radical (unpaired) electrons. The lowest BCUT2D eigenvalue weighted by molar-refractivity contribution is -0.302. The molecule has 0 bridgehead atoms. The first kappa shape index (κ1) is 18.5. The molecule has 0 amide bonds. The fraction of sp³-hybridized carbons (Fsp3) is 0.750. The normalized spacial score (nSPS) is 48.3. The van der Waals surface area contributed by atoms with Crippen LogP contribution < -0.4 is 0 Å². The number of carbonyl (C=O) groups is 1. The van der Waals surface area contributed by atoms with Gasteiger partial charge in [0.2, 0.25) is 0 Å². The summed E-state index contributed by atoms with van der Waals surface area (Å²) in [5, 5.41) is 10.9. The molecule has 0 aromatic heterocycles. The standard InChI is InChI=1S/C20H24ClF3O2/c1-17-8-7-15(25)16(21)14(17)4-3-11-12(17)5-9-18(2)13(11)6-10-19(18,26)20(22,23)24/h7-8,11-13,26H,3-6,9-10H2,1-2H3/t11?,12?,13?,17-,18+,19+/m1/s1. The van der Waals surface area contributed by atoms with Crippen LogP contribution in [0.4, 0.5) is 13.2 Å². The van der Waals surface area contributed by atoms with Gasteiger partial charge in [-0.1, -0.05) is 31.5 Å². The molecule has 3 saturated carbocycles. The van der Waals surface area contributed by atoms with Gasteiger partial charge in [0.05, 0.1) is 5.03 Å². The molecule has 4 aliphatic rings. The number of alkyl halides is 3. The summed E-state index contributed by atoms with van der Waals surface area (Å²) in [6.45, 7) is 3.70. The average molecular weight is 389 g/mol. The Labute approximate surface area is 156 Å². The van der Waals surface area contributed by atoms with E-state index in [1.165, 1.54) is 6.08 Å². The molecule has 26 heavy (non-hydrogen) atoms. The highest BCUT2D eigenvalue weighted by molar-refractivity contribution is 6.45. The fourth-order valence-corrected chi connectivity index (χ4v) is 7.12. The van der Waals surface area contributed by atoms with Gasteiger partial charge in [0.25, 0.3) is 0 Å². The maximum absolute atomic E-state index is 13.7. The number of fused-ring (bicyclic) bond motifs is 5. The Kier molecular flexibility index (Phi) is 3.84. The molecule has 0 spiro atoms. The lowest BCUT2D eigenvalue weighted by Gasteiger charge is -2.58. The molecule has 1 N–H and O–H groups in total. The van der Waals surface area contributed by atoms with E-state index in [1.54, 1.807) is 6.92 Å². The Bertz CT molecular complexity index is 727. The third kappa shape index (κ3) is 2.07. The Hall–Kier alpha value is -0.810. The molecule has 6 heteroatoms. The van der Waals surface area contributed by atoms with Gasteiger partial charge >= 0.3 is 6.18 Å². The lowest BCUT2D eigenvalue weighted by atomic mass is 9.47. The van der Waals surface area contributed by atoms with Crippen LogP contribution >= 0.6 is 11.6 Å². The maximum Gasteiger partial charge on any atom is 0.417 e. The number of rotatable bonds is 0. The van der Waals surface area contributed by atoms with Gasteiger partial charge in [0.1, 0.15) is 0 Å². The molecular formula is C20H24ClF3O2. The Morgan fingerprint density at radius 3 is 2.46 bits per heavy atom. The first-order valence-electron chi connectivity index (χ1n) is 9.37. The van der Waals surface area contributed by atoms with Crippen molar-refractivity contribution in [1.29, 1.82) is 0 Å². The maximum atomic E-state index is 13.7. The Balaban J connectivity index is 1.73. The monoisotopic (exact) mass is 388 g/mol. The van der Waals surface area contributed by atoms with Crippen LogP contribution in [0.2, 0.25) is 0 Å². The van der Waals surface area contributed by atoms with Gasteiger partial charge in [0.15, 0.2) is 11.4 Å². The van der Waals surface area contributed by atoms with E-state index in [1.807, 2.05) is 6.08 Å². The molecule has 2 nitrogen and oxygen atoms in total. The third-order valence-corrected chi connectivity index (χ3v) is 8.68. The van der Waals surface area contributed by atoms with E-state index in [0.717, 1.165) is 12.0 Å². The molecule has 3 unspecified atom stereocenters. The summed E-state index contributed by atoms with van der Waals surface area (Å²) in [5.41, 5.74) is -3.15. The first-order valence-corrected chi connectivity index (χ1v) is 9.75. The Morgan fingerprint density at radius 1 is 1.15 bits per heavy atom. The zero-order valence-electron chi connectivity index (χ0n) is 15.0. The van der Waals surface area contributed by atoms with Crippen molar-refractivity contribution in [2.75, 3.05) is 0 Å². The second-order valence-electron chi connectivity index (χ2n) is 9.04. The van der Waals surface area contributed by atoms with Crippen molar-refractivity contribution < 1.29 is 23.1 Å². The molecule has 144 valence electrons. The molecule has 4 rings (SSSR count). The molecule has 0 aromatic carbocycles. The molecular weight excluding hydrogens is 365 g/mol. The van der Waals surface area contributed by atoms with Crippen LogP contribution in [-0.2, 0) is 4.79 Å². The van der Waals surface area contributed by atoms with Crippen LogP contribution in [0, 0.1) is 28.6 Å². The zero-order valence-corrected chi connectivity index (χ0v) is 15.8. The summed E-state index contributed by atoms with van der Waals surface area (Å²) in [6, 6.07) is 0. The first-order chi connectivity index (χ1) is 12.0. The molecule has 4 aliphatic carbocycles. The van der Waals surface area contributed by atoms with Crippen molar-refractivity contribution in [3.63, 3.8) is 0 Å². The number of ketones is 1. The van der Waals surface area contributed by atoms with Gasteiger partial charge in [-0.2, -0.15) is 13.2 Å². The number of halogens is 4. The fourth-order valence-electron chi connectivity index (χ4n) is 6.76. The zero-order chi connectivity index (χ0) is 19.1.